The Kier molecular flexibility index (Phi) is 4.70. The number of fused-ring (bicyclic) bond motifs is 1. The van der Waals surface area contributed by atoms with Crippen molar-refractivity contribution in [2.24, 2.45) is 0 Å². The number of benzene rings is 2. The molecule has 0 aliphatic rings. The van der Waals surface area contributed by atoms with Gasteiger partial charge in [0.15, 0.2) is 5.82 Å². The van der Waals surface area contributed by atoms with E-state index in [9.17, 15) is 9.18 Å². The molecule has 0 unspecified atom stereocenters. The summed E-state index contributed by atoms with van der Waals surface area (Å²) in [6.07, 6.45) is 3.76. The van der Waals surface area contributed by atoms with E-state index < -0.39 is 0 Å². The van der Waals surface area contributed by atoms with Gasteiger partial charge in [-0.3, -0.25) is 4.79 Å². The molecule has 0 saturated carbocycles. The van der Waals surface area contributed by atoms with Gasteiger partial charge in [0.25, 0.3) is 5.56 Å². The van der Waals surface area contributed by atoms with Gasteiger partial charge >= 0.3 is 0 Å². The smallest absolute Gasteiger partial charge is 0.266 e. The Bertz CT molecular complexity index is 1680. The lowest BCUT2D eigenvalue weighted by Gasteiger charge is -1.99. The molecular formula is C24H14FN5OS2. The van der Waals surface area contributed by atoms with Gasteiger partial charge in [0.05, 0.1) is 15.1 Å². The van der Waals surface area contributed by atoms with E-state index in [2.05, 4.69) is 10.1 Å². The molecule has 0 bridgehead atoms. The van der Waals surface area contributed by atoms with Crippen molar-refractivity contribution >= 4 is 33.7 Å². The third-order valence-corrected chi connectivity index (χ3v) is 6.92. The number of halogens is 1. The standard InChI is InChI=1S/C24H14FN5OS2/c25-17-10-8-15(9-11-17)22-26-24-30(28-22)23(31)20(33-24)13-16-14-29(18-5-2-1-3-6-18)27-21(16)19-7-4-12-32-19/h1-14H/b20-13-. The zero-order valence-electron chi connectivity index (χ0n) is 16.9. The number of rotatable bonds is 4. The predicted molar refractivity (Wildman–Crippen MR) is 128 cm³/mol. The van der Waals surface area contributed by atoms with E-state index in [0.717, 1.165) is 21.8 Å². The number of para-hydroxylation sites is 1. The topological polar surface area (TPSA) is 65.1 Å². The highest BCUT2D eigenvalue weighted by molar-refractivity contribution is 7.15. The fourth-order valence-electron chi connectivity index (χ4n) is 3.51. The van der Waals surface area contributed by atoms with Crippen LogP contribution in [0.5, 0.6) is 0 Å². The zero-order chi connectivity index (χ0) is 22.4. The predicted octanol–water partition coefficient (Wildman–Crippen LogP) is 4.42. The second-order valence-corrected chi connectivity index (χ2v) is 9.20. The third kappa shape index (κ3) is 3.57. The summed E-state index contributed by atoms with van der Waals surface area (Å²) in [5.41, 5.74) is 2.98. The summed E-state index contributed by atoms with van der Waals surface area (Å²) in [6.45, 7) is 0. The van der Waals surface area contributed by atoms with Crippen molar-refractivity contribution in [3.05, 3.63) is 105 Å². The number of hydrogen-bond acceptors (Lipinski definition) is 6. The zero-order valence-corrected chi connectivity index (χ0v) is 18.6. The molecule has 160 valence electrons. The van der Waals surface area contributed by atoms with Crippen LogP contribution in [0.25, 0.3) is 38.7 Å². The van der Waals surface area contributed by atoms with Crippen LogP contribution in [0.1, 0.15) is 5.56 Å². The normalized spacial score (nSPS) is 12.1. The highest BCUT2D eigenvalue weighted by Crippen LogP contribution is 2.28. The molecule has 6 nitrogen and oxygen atoms in total. The average molecular weight is 472 g/mol. The lowest BCUT2D eigenvalue weighted by molar-refractivity contribution is 0.628. The molecule has 6 rings (SSSR count). The molecule has 4 heterocycles. The molecular weight excluding hydrogens is 457 g/mol. The molecule has 0 fully saturated rings. The molecule has 6 aromatic rings. The summed E-state index contributed by atoms with van der Waals surface area (Å²) in [7, 11) is 0. The van der Waals surface area contributed by atoms with Crippen LogP contribution in [-0.2, 0) is 0 Å². The molecule has 9 heteroatoms. The maximum Gasteiger partial charge on any atom is 0.291 e. The van der Waals surface area contributed by atoms with Crippen molar-refractivity contribution in [2.45, 2.75) is 0 Å². The van der Waals surface area contributed by atoms with Gasteiger partial charge in [-0.15, -0.1) is 16.4 Å². The second-order valence-electron chi connectivity index (χ2n) is 7.24. The van der Waals surface area contributed by atoms with Crippen molar-refractivity contribution in [1.82, 2.24) is 24.4 Å². The van der Waals surface area contributed by atoms with Crippen molar-refractivity contribution in [2.75, 3.05) is 0 Å². The first-order valence-electron chi connectivity index (χ1n) is 10.0. The van der Waals surface area contributed by atoms with Gasteiger partial charge in [0.1, 0.15) is 11.5 Å². The molecule has 0 aliphatic carbocycles. The van der Waals surface area contributed by atoms with Crippen LogP contribution in [0.2, 0.25) is 0 Å². The van der Waals surface area contributed by atoms with E-state index in [1.165, 1.54) is 28.0 Å². The lowest BCUT2D eigenvalue weighted by atomic mass is 10.2. The SMILES string of the molecule is O=c1/c(=C/c2cn(-c3ccccc3)nc2-c2cccs2)sc2nc(-c3ccc(F)cc3)nn12. The second kappa shape index (κ2) is 7.88. The van der Waals surface area contributed by atoms with Crippen molar-refractivity contribution in [3.8, 4) is 27.6 Å². The molecule has 0 radical (unpaired) electrons. The van der Waals surface area contributed by atoms with Crippen LogP contribution in [0.3, 0.4) is 0 Å². The van der Waals surface area contributed by atoms with Crippen LogP contribution in [-0.4, -0.2) is 24.4 Å². The highest BCUT2D eigenvalue weighted by atomic mass is 32.1. The van der Waals surface area contributed by atoms with E-state index in [0.29, 0.717) is 20.9 Å². The van der Waals surface area contributed by atoms with Crippen molar-refractivity contribution < 1.29 is 4.39 Å². The molecule has 0 aliphatic heterocycles. The highest BCUT2D eigenvalue weighted by Gasteiger charge is 2.15. The summed E-state index contributed by atoms with van der Waals surface area (Å²) in [6, 6.07) is 19.7. The molecule has 0 N–H and O–H groups in total. The quantitative estimate of drug-likeness (QED) is 0.382. The van der Waals surface area contributed by atoms with Crippen LogP contribution in [0.15, 0.2) is 83.1 Å². The van der Waals surface area contributed by atoms with Crippen LogP contribution in [0, 0.1) is 5.82 Å². The maximum atomic E-state index is 13.2. The molecule has 2 aromatic carbocycles. The molecule has 0 saturated heterocycles. The van der Waals surface area contributed by atoms with E-state index in [-0.39, 0.29) is 11.4 Å². The van der Waals surface area contributed by atoms with Gasteiger partial charge in [-0.2, -0.15) is 14.6 Å². The number of aromatic nitrogens is 5. The van der Waals surface area contributed by atoms with Gasteiger partial charge in [-0.05, 0) is 53.9 Å². The maximum absolute atomic E-state index is 13.2. The first kappa shape index (κ1) is 19.7. The number of thiazole rings is 1. The van der Waals surface area contributed by atoms with Crippen molar-refractivity contribution in [3.63, 3.8) is 0 Å². The Morgan fingerprint density at radius 3 is 2.48 bits per heavy atom. The van der Waals surface area contributed by atoms with Gasteiger partial charge in [0, 0.05) is 17.3 Å². The van der Waals surface area contributed by atoms with Gasteiger partial charge in [0.2, 0.25) is 4.96 Å². The molecule has 4 aromatic heterocycles. The van der Waals surface area contributed by atoms with Gasteiger partial charge < -0.3 is 0 Å². The van der Waals surface area contributed by atoms with E-state index in [4.69, 9.17) is 5.10 Å². The first-order chi connectivity index (χ1) is 16.2. The van der Waals surface area contributed by atoms with Crippen LogP contribution >= 0.6 is 22.7 Å². The third-order valence-electron chi connectivity index (χ3n) is 5.09. The monoisotopic (exact) mass is 471 g/mol. The largest absolute Gasteiger partial charge is 0.291 e. The van der Waals surface area contributed by atoms with E-state index in [1.807, 2.05) is 64.8 Å². The minimum atomic E-state index is -0.334. The van der Waals surface area contributed by atoms with Crippen LogP contribution in [0.4, 0.5) is 4.39 Å². The summed E-state index contributed by atoms with van der Waals surface area (Å²) in [4.78, 5) is 19.0. The molecule has 0 amide bonds. The minimum absolute atomic E-state index is 0.250. The fourth-order valence-corrected chi connectivity index (χ4v) is 5.14. The number of hydrogen-bond donors (Lipinski definition) is 0. The Morgan fingerprint density at radius 2 is 1.76 bits per heavy atom. The Hall–Kier alpha value is -3.95. The number of thiophene rings is 1. The first-order valence-corrected chi connectivity index (χ1v) is 11.7. The Morgan fingerprint density at radius 1 is 0.939 bits per heavy atom. The van der Waals surface area contributed by atoms with Gasteiger partial charge in [-0.1, -0.05) is 35.6 Å². The van der Waals surface area contributed by atoms with E-state index in [1.54, 1.807) is 23.5 Å². The Labute approximate surface area is 194 Å². The fraction of sp³-hybridized carbons (Fsp3) is 0. The number of nitrogens with zero attached hydrogens (tertiary/aromatic N) is 5. The Balaban J connectivity index is 1.47. The van der Waals surface area contributed by atoms with Gasteiger partial charge in [-0.25, -0.2) is 9.07 Å². The van der Waals surface area contributed by atoms with Crippen LogP contribution < -0.4 is 10.1 Å². The summed E-state index contributed by atoms with van der Waals surface area (Å²) >= 11 is 2.86. The lowest BCUT2D eigenvalue weighted by Crippen LogP contribution is -2.23. The van der Waals surface area contributed by atoms with Crippen molar-refractivity contribution in [1.29, 1.82) is 0 Å². The van der Waals surface area contributed by atoms with E-state index >= 15 is 0 Å². The minimum Gasteiger partial charge on any atom is -0.266 e. The summed E-state index contributed by atoms with van der Waals surface area (Å²) in [5, 5.41) is 11.1. The summed E-state index contributed by atoms with van der Waals surface area (Å²) < 4.78 is 16.8. The summed E-state index contributed by atoms with van der Waals surface area (Å²) in [5.74, 6) is 0.0554. The average Bonchev–Trinajstić information content (AvgIpc) is 3.62. The molecule has 0 spiro atoms. The molecule has 0 atom stereocenters. The molecule has 33 heavy (non-hydrogen) atoms.